The summed E-state index contributed by atoms with van der Waals surface area (Å²) in [5, 5.41) is 12.7. The number of carbonyl (C=O) groups is 1. The second-order valence-corrected chi connectivity index (χ2v) is 7.50. The van der Waals surface area contributed by atoms with Crippen molar-refractivity contribution in [2.75, 3.05) is 4.90 Å². The van der Waals surface area contributed by atoms with Crippen molar-refractivity contribution in [3.63, 3.8) is 0 Å². The van der Waals surface area contributed by atoms with Crippen LogP contribution >= 0.6 is 0 Å². The Balaban J connectivity index is 1.82. The number of nitrogens with zero attached hydrogens (tertiary/aromatic N) is 5. The number of hydrogen-bond donors (Lipinski definition) is 0. The summed E-state index contributed by atoms with van der Waals surface area (Å²) >= 11 is 0. The van der Waals surface area contributed by atoms with Gasteiger partial charge in [0.15, 0.2) is 5.82 Å². The minimum Gasteiger partial charge on any atom is -0.295 e. The summed E-state index contributed by atoms with van der Waals surface area (Å²) in [5.41, 5.74) is 2.94. The molecular formula is C21H21N5O. The van der Waals surface area contributed by atoms with Crippen molar-refractivity contribution in [2.24, 2.45) is 0 Å². The molecule has 6 heteroatoms. The molecule has 3 aromatic rings. The maximum atomic E-state index is 13.8. The molecule has 0 saturated heterocycles. The average Bonchev–Trinajstić information content (AvgIpc) is 3.18. The van der Waals surface area contributed by atoms with Crippen LogP contribution in [0.4, 0.5) is 5.69 Å². The number of carbonyl (C=O) groups excluding carboxylic acids is 1. The minimum absolute atomic E-state index is 0.00338. The summed E-state index contributed by atoms with van der Waals surface area (Å²) in [7, 11) is 0. The highest BCUT2D eigenvalue weighted by molar-refractivity contribution is 6.10. The van der Waals surface area contributed by atoms with E-state index in [0.717, 1.165) is 42.9 Å². The van der Waals surface area contributed by atoms with Gasteiger partial charge in [-0.1, -0.05) is 49.1 Å². The Morgan fingerprint density at radius 2 is 1.70 bits per heavy atom. The van der Waals surface area contributed by atoms with Crippen molar-refractivity contribution in [1.82, 2.24) is 20.2 Å². The number of aromatic nitrogens is 4. The predicted octanol–water partition coefficient (Wildman–Crippen LogP) is 3.79. The number of anilines is 1. The Labute approximate surface area is 157 Å². The number of benzene rings is 2. The van der Waals surface area contributed by atoms with E-state index >= 15 is 0 Å². The third-order valence-electron chi connectivity index (χ3n) is 5.85. The Hall–Kier alpha value is -3.02. The lowest BCUT2D eigenvalue weighted by atomic mass is 9.79. The van der Waals surface area contributed by atoms with Crippen LogP contribution in [0.1, 0.15) is 53.8 Å². The molecule has 0 N–H and O–H groups in total. The topological polar surface area (TPSA) is 63.9 Å². The molecule has 6 nitrogen and oxygen atoms in total. The van der Waals surface area contributed by atoms with Gasteiger partial charge >= 0.3 is 0 Å². The molecule has 2 heterocycles. The van der Waals surface area contributed by atoms with Crippen LogP contribution in [-0.2, 0) is 5.54 Å². The fourth-order valence-corrected chi connectivity index (χ4v) is 4.54. The van der Waals surface area contributed by atoms with E-state index in [-0.39, 0.29) is 5.91 Å². The van der Waals surface area contributed by atoms with Gasteiger partial charge in [-0.3, -0.25) is 9.69 Å². The predicted molar refractivity (Wildman–Crippen MR) is 102 cm³/mol. The third-order valence-corrected chi connectivity index (χ3v) is 5.85. The van der Waals surface area contributed by atoms with E-state index < -0.39 is 5.54 Å². The van der Waals surface area contributed by atoms with Gasteiger partial charge in [-0.25, -0.2) is 0 Å². The van der Waals surface area contributed by atoms with Crippen LogP contribution in [0.2, 0.25) is 0 Å². The summed E-state index contributed by atoms with van der Waals surface area (Å²) in [6.07, 6.45) is 5.01. The molecule has 0 radical (unpaired) electrons. The molecule has 1 aromatic heterocycles. The Morgan fingerprint density at radius 1 is 0.963 bits per heavy atom. The van der Waals surface area contributed by atoms with Crippen LogP contribution in [-0.4, -0.2) is 26.1 Å². The van der Waals surface area contributed by atoms with Crippen molar-refractivity contribution in [2.45, 2.75) is 44.6 Å². The first-order valence-corrected chi connectivity index (χ1v) is 9.50. The third kappa shape index (κ3) is 2.32. The summed E-state index contributed by atoms with van der Waals surface area (Å²) in [4.78, 5) is 15.8. The Kier molecular flexibility index (Phi) is 3.60. The monoisotopic (exact) mass is 359 g/mol. The van der Waals surface area contributed by atoms with E-state index in [1.807, 2.05) is 41.3 Å². The minimum atomic E-state index is -0.521. The smallest absolute Gasteiger partial charge is 0.261 e. The number of aryl methyl sites for hydroxylation is 1. The zero-order valence-electron chi connectivity index (χ0n) is 15.3. The largest absolute Gasteiger partial charge is 0.295 e. The fourth-order valence-electron chi connectivity index (χ4n) is 4.54. The van der Waals surface area contributed by atoms with Gasteiger partial charge in [0.05, 0.1) is 11.3 Å². The van der Waals surface area contributed by atoms with Gasteiger partial charge in [-0.05, 0) is 54.5 Å². The molecule has 1 spiro atoms. The molecule has 1 aliphatic heterocycles. The first-order valence-electron chi connectivity index (χ1n) is 9.50. The highest BCUT2D eigenvalue weighted by Gasteiger charge is 2.49. The fraction of sp³-hybridized carbons (Fsp3) is 0.333. The maximum absolute atomic E-state index is 13.8. The van der Waals surface area contributed by atoms with Crippen LogP contribution in [0.3, 0.4) is 0 Å². The zero-order valence-corrected chi connectivity index (χ0v) is 15.3. The van der Waals surface area contributed by atoms with Gasteiger partial charge < -0.3 is 0 Å². The lowest BCUT2D eigenvalue weighted by molar-refractivity contribution is 0.0934. The molecule has 0 bridgehead atoms. The molecule has 1 amide bonds. The van der Waals surface area contributed by atoms with E-state index in [1.54, 1.807) is 4.68 Å². The molecule has 0 atom stereocenters. The van der Waals surface area contributed by atoms with E-state index in [0.29, 0.717) is 5.56 Å². The quantitative estimate of drug-likeness (QED) is 0.663. The molecule has 0 unspecified atom stereocenters. The lowest BCUT2D eigenvalue weighted by Crippen LogP contribution is -2.51. The van der Waals surface area contributed by atoms with Crippen molar-refractivity contribution < 1.29 is 4.79 Å². The number of hydrogen-bond acceptors (Lipinski definition) is 4. The molecular weight excluding hydrogens is 338 g/mol. The van der Waals surface area contributed by atoms with Crippen molar-refractivity contribution in [3.8, 4) is 5.69 Å². The molecule has 27 heavy (non-hydrogen) atoms. The van der Waals surface area contributed by atoms with Crippen molar-refractivity contribution >= 4 is 11.6 Å². The Bertz CT molecular complexity index is 1000. The van der Waals surface area contributed by atoms with E-state index in [9.17, 15) is 4.79 Å². The lowest BCUT2D eigenvalue weighted by Gasteiger charge is -2.44. The highest BCUT2D eigenvalue weighted by Crippen LogP contribution is 2.46. The normalized spacial score (nSPS) is 18.1. The molecule has 5 rings (SSSR count). The van der Waals surface area contributed by atoms with Gasteiger partial charge in [-0.2, -0.15) is 4.68 Å². The number of rotatable bonds is 1. The van der Waals surface area contributed by atoms with Gasteiger partial charge in [0.1, 0.15) is 5.54 Å². The van der Waals surface area contributed by atoms with Crippen molar-refractivity contribution in [3.05, 3.63) is 65.5 Å². The molecule has 2 aliphatic rings. The van der Waals surface area contributed by atoms with Gasteiger partial charge in [-0.15, -0.1) is 5.10 Å². The number of fused-ring (bicyclic) bond motifs is 4. The summed E-state index contributed by atoms with van der Waals surface area (Å²) in [6, 6.07) is 15.8. The van der Waals surface area contributed by atoms with Gasteiger partial charge in [0, 0.05) is 5.69 Å². The zero-order chi connectivity index (χ0) is 18.4. The first kappa shape index (κ1) is 16.2. The van der Waals surface area contributed by atoms with E-state index in [1.165, 1.54) is 12.0 Å². The molecule has 136 valence electrons. The van der Waals surface area contributed by atoms with Crippen LogP contribution in [0.5, 0.6) is 0 Å². The maximum Gasteiger partial charge on any atom is 0.261 e. The van der Waals surface area contributed by atoms with Gasteiger partial charge in [0.2, 0.25) is 0 Å². The van der Waals surface area contributed by atoms with Crippen molar-refractivity contribution in [1.29, 1.82) is 0 Å². The van der Waals surface area contributed by atoms with E-state index in [4.69, 9.17) is 0 Å². The number of amides is 1. The SMILES string of the molecule is Cc1ccc(N2C(=O)c3ccccc3-n3nnnc3C23CCCCC3)cc1. The van der Waals surface area contributed by atoms with Crippen LogP contribution in [0.25, 0.3) is 5.69 Å². The summed E-state index contributed by atoms with van der Waals surface area (Å²) in [5.74, 6) is 0.768. The molecule has 1 fully saturated rings. The van der Waals surface area contributed by atoms with Gasteiger partial charge in [0.25, 0.3) is 5.91 Å². The van der Waals surface area contributed by atoms with E-state index in [2.05, 4.69) is 34.6 Å². The first-order chi connectivity index (χ1) is 13.2. The Morgan fingerprint density at radius 3 is 2.48 bits per heavy atom. The molecule has 1 saturated carbocycles. The van der Waals surface area contributed by atoms with Crippen LogP contribution < -0.4 is 4.90 Å². The second kappa shape index (κ2) is 6.01. The summed E-state index contributed by atoms with van der Waals surface area (Å²) < 4.78 is 1.77. The average molecular weight is 359 g/mol. The molecule has 2 aromatic carbocycles. The second-order valence-electron chi connectivity index (χ2n) is 7.50. The standard InChI is InChI=1S/C21H21N5O/c1-15-9-11-16(12-10-15)25-19(27)17-7-3-4-8-18(17)26-20(22-23-24-26)21(25)13-5-2-6-14-21/h3-4,7-12H,2,5-6,13-14H2,1H3. The number of para-hydroxylation sites is 1. The molecule has 1 aliphatic carbocycles. The van der Waals surface area contributed by atoms with Crippen LogP contribution in [0.15, 0.2) is 48.5 Å². The van der Waals surface area contributed by atoms with Crippen LogP contribution in [0, 0.1) is 6.92 Å². The highest BCUT2D eigenvalue weighted by atomic mass is 16.2. The number of tetrazole rings is 1. The summed E-state index contributed by atoms with van der Waals surface area (Å²) in [6.45, 7) is 2.06.